The third-order valence-corrected chi connectivity index (χ3v) is 5.00. The monoisotopic (exact) mass is 392 g/mol. The van der Waals surface area contributed by atoms with E-state index < -0.39 is 0 Å². The maximum atomic E-state index is 11.7. The van der Waals surface area contributed by atoms with Crippen molar-refractivity contribution in [1.29, 1.82) is 5.26 Å². The number of carbonyl (C=O) groups excluding carboxylic acids is 1. The summed E-state index contributed by atoms with van der Waals surface area (Å²) in [5.74, 6) is 0.556. The number of rotatable bonds is 6. The summed E-state index contributed by atoms with van der Waals surface area (Å²) in [4.78, 5) is 25.3. The molecule has 0 saturated heterocycles. The van der Waals surface area contributed by atoms with Gasteiger partial charge in [0.25, 0.3) is 0 Å². The average molecular weight is 392 g/mol. The van der Waals surface area contributed by atoms with Crippen molar-refractivity contribution in [3.8, 4) is 11.9 Å². The number of fused-ring (bicyclic) bond motifs is 1. The minimum absolute atomic E-state index is 0.0949. The zero-order chi connectivity index (χ0) is 20.5. The van der Waals surface area contributed by atoms with E-state index in [0.29, 0.717) is 41.3 Å². The van der Waals surface area contributed by atoms with Crippen LogP contribution in [0.25, 0.3) is 11.0 Å². The van der Waals surface area contributed by atoms with E-state index in [2.05, 4.69) is 38.0 Å². The Labute approximate surface area is 166 Å². The molecule has 1 fully saturated rings. The Morgan fingerprint density at radius 2 is 2.31 bits per heavy atom. The first-order valence-corrected chi connectivity index (χ1v) is 9.09. The number of likely N-dealkylation sites (N-methyl/N-ethyl adjacent to an activating group) is 1. The van der Waals surface area contributed by atoms with Gasteiger partial charge in [0, 0.05) is 45.4 Å². The van der Waals surface area contributed by atoms with Crippen molar-refractivity contribution >= 4 is 28.6 Å². The number of nitrogens with zero attached hydrogens (tertiary/aromatic N) is 6. The van der Waals surface area contributed by atoms with Crippen LogP contribution in [0.3, 0.4) is 0 Å². The molecule has 1 amide bonds. The molecule has 0 atom stereocenters. The number of nitrogens with one attached hydrogen (secondary N) is 2. The van der Waals surface area contributed by atoms with Gasteiger partial charge in [-0.2, -0.15) is 20.3 Å². The SMILES string of the molecule is C=CC(=O)N(C)C1CC(Oc2nc(Nc3cnn(C)c3)nc3[nH]cc(C#N)c23)C1. The third kappa shape index (κ3) is 3.50. The van der Waals surface area contributed by atoms with Gasteiger partial charge in [0.2, 0.25) is 17.7 Å². The summed E-state index contributed by atoms with van der Waals surface area (Å²) in [7, 11) is 3.57. The Kier molecular flexibility index (Phi) is 4.64. The van der Waals surface area contributed by atoms with Gasteiger partial charge in [-0.3, -0.25) is 9.48 Å². The van der Waals surface area contributed by atoms with Crippen LogP contribution in [0.4, 0.5) is 11.6 Å². The van der Waals surface area contributed by atoms with E-state index in [9.17, 15) is 10.1 Å². The number of ether oxygens (including phenoxy) is 1. The quantitative estimate of drug-likeness (QED) is 0.613. The fourth-order valence-electron chi connectivity index (χ4n) is 3.28. The second-order valence-corrected chi connectivity index (χ2v) is 6.94. The molecule has 29 heavy (non-hydrogen) atoms. The lowest BCUT2D eigenvalue weighted by Crippen LogP contribution is -2.49. The predicted molar refractivity (Wildman–Crippen MR) is 105 cm³/mol. The van der Waals surface area contributed by atoms with E-state index in [-0.39, 0.29) is 18.1 Å². The standard InChI is InChI=1S/C19H20N8O2/c1-4-15(28)27(3)13-5-14(6-13)29-18-16-11(7-20)8-21-17(16)24-19(25-18)23-12-9-22-26(2)10-12/h4,8-10,13-14H,1,5-6H2,2-3H3,(H2,21,23,24,25). The molecule has 0 spiro atoms. The highest BCUT2D eigenvalue weighted by atomic mass is 16.5. The molecule has 0 aliphatic heterocycles. The summed E-state index contributed by atoms with van der Waals surface area (Å²) in [5, 5.41) is 17.1. The molecule has 0 aromatic carbocycles. The molecule has 4 rings (SSSR count). The summed E-state index contributed by atoms with van der Waals surface area (Å²) in [6, 6.07) is 2.23. The van der Waals surface area contributed by atoms with Gasteiger partial charge in [-0.1, -0.05) is 6.58 Å². The van der Waals surface area contributed by atoms with Crippen molar-refractivity contribution in [1.82, 2.24) is 29.6 Å². The minimum Gasteiger partial charge on any atom is -0.474 e. The largest absolute Gasteiger partial charge is 0.474 e. The Morgan fingerprint density at radius 3 is 2.97 bits per heavy atom. The molecule has 10 nitrogen and oxygen atoms in total. The normalized spacial score (nSPS) is 18.0. The minimum atomic E-state index is -0.113. The third-order valence-electron chi connectivity index (χ3n) is 5.00. The summed E-state index contributed by atoms with van der Waals surface area (Å²) in [5.41, 5.74) is 1.66. The van der Waals surface area contributed by atoms with Crippen molar-refractivity contribution in [3.05, 3.63) is 36.8 Å². The molecule has 3 aromatic rings. The summed E-state index contributed by atoms with van der Waals surface area (Å²) >= 11 is 0. The van der Waals surface area contributed by atoms with E-state index in [0.717, 1.165) is 5.69 Å². The van der Waals surface area contributed by atoms with Crippen LogP contribution in [-0.4, -0.2) is 54.7 Å². The molecule has 0 unspecified atom stereocenters. The number of anilines is 2. The highest BCUT2D eigenvalue weighted by Crippen LogP contribution is 2.34. The summed E-state index contributed by atoms with van der Waals surface area (Å²) in [6.07, 6.45) is 7.60. The highest BCUT2D eigenvalue weighted by Gasteiger charge is 2.36. The Balaban J connectivity index is 1.57. The molecule has 0 radical (unpaired) electrons. The molecule has 1 saturated carbocycles. The van der Waals surface area contributed by atoms with Gasteiger partial charge >= 0.3 is 0 Å². The van der Waals surface area contributed by atoms with Gasteiger partial charge in [-0.25, -0.2) is 0 Å². The van der Waals surface area contributed by atoms with Crippen molar-refractivity contribution in [3.63, 3.8) is 0 Å². The fraction of sp³-hybridized carbons (Fsp3) is 0.316. The molecule has 3 aromatic heterocycles. The lowest BCUT2D eigenvalue weighted by Gasteiger charge is -2.40. The molecule has 148 valence electrons. The molecule has 1 aliphatic rings. The van der Waals surface area contributed by atoms with Gasteiger partial charge < -0.3 is 19.9 Å². The first kappa shape index (κ1) is 18.5. The summed E-state index contributed by atoms with van der Waals surface area (Å²) < 4.78 is 7.76. The Morgan fingerprint density at radius 1 is 1.52 bits per heavy atom. The van der Waals surface area contributed by atoms with Crippen LogP contribution >= 0.6 is 0 Å². The van der Waals surface area contributed by atoms with E-state index in [1.54, 1.807) is 35.2 Å². The molecule has 10 heteroatoms. The number of hydrogen-bond donors (Lipinski definition) is 2. The summed E-state index contributed by atoms with van der Waals surface area (Å²) in [6.45, 7) is 3.52. The average Bonchev–Trinajstić information content (AvgIpc) is 3.28. The van der Waals surface area contributed by atoms with Crippen LogP contribution in [-0.2, 0) is 11.8 Å². The maximum absolute atomic E-state index is 11.7. The smallest absolute Gasteiger partial charge is 0.245 e. The number of amides is 1. The van der Waals surface area contributed by atoms with Gasteiger partial charge in [0.05, 0.1) is 22.8 Å². The predicted octanol–water partition coefficient (Wildman–Crippen LogP) is 1.86. The van der Waals surface area contributed by atoms with Crippen molar-refractivity contribution in [2.24, 2.45) is 7.05 Å². The van der Waals surface area contributed by atoms with E-state index >= 15 is 0 Å². The van der Waals surface area contributed by atoms with Gasteiger partial charge in [-0.15, -0.1) is 0 Å². The van der Waals surface area contributed by atoms with Crippen LogP contribution in [0.2, 0.25) is 0 Å². The van der Waals surface area contributed by atoms with E-state index in [1.807, 2.05) is 7.05 Å². The van der Waals surface area contributed by atoms with Crippen LogP contribution in [0.15, 0.2) is 31.2 Å². The number of H-pyrrole nitrogens is 1. The zero-order valence-electron chi connectivity index (χ0n) is 16.1. The number of carbonyl (C=O) groups is 1. The second-order valence-electron chi connectivity index (χ2n) is 6.94. The first-order chi connectivity index (χ1) is 14.0. The first-order valence-electron chi connectivity index (χ1n) is 9.09. The van der Waals surface area contributed by atoms with Crippen molar-refractivity contribution in [2.45, 2.75) is 25.0 Å². The molecule has 1 aliphatic carbocycles. The van der Waals surface area contributed by atoms with Crippen molar-refractivity contribution < 1.29 is 9.53 Å². The van der Waals surface area contributed by atoms with E-state index in [4.69, 9.17) is 4.74 Å². The van der Waals surface area contributed by atoms with Crippen molar-refractivity contribution in [2.75, 3.05) is 12.4 Å². The lowest BCUT2D eigenvalue weighted by molar-refractivity contribution is -0.130. The number of hydrogen-bond acceptors (Lipinski definition) is 7. The topological polar surface area (TPSA) is 125 Å². The number of aryl methyl sites for hydroxylation is 1. The Hall–Kier alpha value is -3.87. The highest BCUT2D eigenvalue weighted by molar-refractivity contribution is 5.88. The fourth-order valence-corrected chi connectivity index (χ4v) is 3.28. The number of aromatic amines is 1. The van der Waals surface area contributed by atoms with Gasteiger partial charge in [0.1, 0.15) is 17.8 Å². The molecular formula is C19H20N8O2. The van der Waals surface area contributed by atoms with Crippen LogP contribution in [0, 0.1) is 11.3 Å². The van der Waals surface area contributed by atoms with E-state index in [1.165, 1.54) is 6.08 Å². The van der Waals surface area contributed by atoms with Crippen LogP contribution in [0.1, 0.15) is 18.4 Å². The molecule has 2 N–H and O–H groups in total. The molecule has 0 bridgehead atoms. The molecule has 3 heterocycles. The second kappa shape index (κ2) is 7.27. The zero-order valence-corrected chi connectivity index (χ0v) is 16.1. The van der Waals surface area contributed by atoms with Gasteiger partial charge in [-0.05, 0) is 6.08 Å². The van der Waals surface area contributed by atoms with Gasteiger partial charge in [0.15, 0.2) is 0 Å². The number of aromatic nitrogens is 5. The maximum Gasteiger partial charge on any atom is 0.245 e. The molecular weight excluding hydrogens is 372 g/mol. The number of nitriles is 1. The lowest BCUT2D eigenvalue weighted by atomic mass is 9.88. The Bertz CT molecular complexity index is 1120. The van der Waals surface area contributed by atoms with Crippen LogP contribution < -0.4 is 10.1 Å². The van der Waals surface area contributed by atoms with Crippen LogP contribution in [0.5, 0.6) is 5.88 Å².